The molecule has 2 amide bonds. The largest absolute Gasteiger partial charge is 0.495 e. The van der Waals surface area contributed by atoms with E-state index in [-0.39, 0.29) is 24.2 Å². The highest BCUT2D eigenvalue weighted by Gasteiger charge is 2.56. The maximum atomic E-state index is 13.6. The molecule has 2 N–H and O–H groups in total. The monoisotopic (exact) mass is 370 g/mol. The molecule has 1 fully saturated rings. The van der Waals surface area contributed by atoms with Crippen molar-refractivity contribution in [2.75, 3.05) is 19.0 Å². The van der Waals surface area contributed by atoms with Gasteiger partial charge in [-0.1, -0.05) is 24.3 Å². The summed E-state index contributed by atoms with van der Waals surface area (Å²) in [5.41, 5.74) is 1.01. The molecular formula is C21H23FN2O3. The molecule has 0 saturated heterocycles. The molecule has 0 radical (unpaired) electrons. The minimum absolute atomic E-state index is 0.280. The third-order valence-corrected chi connectivity index (χ3v) is 4.86. The van der Waals surface area contributed by atoms with Crippen LogP contribution < -0.4 is 15.4 Å². The van der Waals surface area contributed by atoms with Crippen molar-refractivity contribution in [3.63, 3.8) is 0 Å². The number of anilines is 1. The Hall–Kier alpha value is -2.89. The minimum atomic E-state index is -1.05. The van der Waals surface area contributed by atoms with Gasteiger partial charge in [0.15, 0.2) is 0 Å². The van der Waals surface area contributed by atoms with Gasteiger partial charge in [0.25, 0.3) is 0 Å². The van der Waals surface area contributed by atoms with Crippen LogP contribution in [-0.2, 0) is 16.0 Å². The van der Waals surface area contributed by atoms with E-state index < -0.39 is 5.41 Å². The number of amides is 2. The van der Waals surface area contributed by atoms with Crippen LogP contribution in [0.1, 0.15) is 24.0 Å². The number of ether oxygens (including phenoxy) is 1. The Bertz CT molecular complexity index is 862. The minimum Gasteiger partial charge on any atom is -0.495 e. The molecule has 0 unspecified atom stereocenters. The lowest BCUT2D eigenvalue weighted by Crippen LogP contribution is -2.40. The van der Waals surface area contributed by atoms with Crippen molar-refractivity contribution in [1.82, 2.24) is 5.32 Å². The molecule has 0 atom stereocenters. The Morgan fingerprint density at radius 3 is 2.56 bits per heavy atom. The third kappa shape index (κ3) is 4.10. The first-order valence-electron chi connectivity index (χ1n) is 8.94. The van der Waals surface area contributed by atoms with Gasteiger partial charge in [0, 0.05) is 6.54 Å². The quantitative estimate of drug-likeness (QED) is 0.736. The fourth-order valence-electron chi connectivity index (χ4n) is 3.02. The summed E-state index contributed by atoms with van der Waals surface area (Å²) in [5, 5.41) is 5.59. The predicted molar refractivity (Wildman–Crippen MR) is 101 cm³/mol. The van der Waals surface area contributed by atoms with Crippen LogP contribution in [0.25, 0.3) is 0 Å². The average molecular weight is 370 g/mol. The van der Waals surface area contributed by atoms with Crippen LogP contribution in [0.5, 0.6) is 5.75 Å². The Morgan fingerprint density at radius 2 is 1.89 bits per heavy atom. The molecule has 0 heterocycles. The summed E-state index contributed by atoms with van der Waals surface area (Å²) in [4.78, 5) is 25.3. The standard InChI is InChI=1S/C21H23FN2O3/c1-14-7-8-18(27-2)17(13-14)24-20(26)21(10-11-21)19(25)23-12-9-15-5-3-4-6-16(15)22/h3-8,13H,9-12H2,1-2H3,(H,23,25)(H,24,26). The molecule has 3 rings (SSSR count). The second-order valence-electron chi connectivity index (χ2n) is 6.84. The third-order valence-electron chi connectivity index (χ3n) is 4.86. The lowest BCUT2D eigenvalue weighted by atomic mass is 10.0. The van der Waals surface area contributed by atoms with Gasteiger partial charge in [-0.3, -0.25) is 9.59 Å². The summed E-state index contributed by atoms with van der Waals surface area (Å²) in [6.07, 6.45) is 1.37. The second kappa shape index (κ2) is 7.78. The van der Waals surface area contributed by atoms with Crippen LogP contribution in [0, 0.1) is 18.2 Å². The Morgan fingerprint density at radius 1 is 1.15 bits per heavy atom. The molecule has 1 aliphatic carbocycles. The van der Waals surface area contributed by atoms with E-state index in [1.54, 1.807) is 24.3 Å². The fraction of sp³-hybridized carbons (Fsp3) is 0.333. The Balaban J connectivity index is 1.61. The van der Waals surface area contributed by atoms with E-state index in [0.29, 0.717) is 36.3 Å². The topological polar surface area (TPSA) is 67.4 Å². The average Bonchev–Trinajstić information content (AvgIpc) is 3.45. The van der Waals surface area contributed by atoms with Gasteiger partial charge >= 0.3 is 0 Å². The number of hydrogen-bond donors (Lipinski definition) is 2. The van der Waals surface area contributed by atoms with E-state index >= 15 is 0 Å². The van der Waals surface area contributed by atoms with Gasteiger partial charge in [0.2, 0.25) is 11.8 Å². The fourth-order valence-corrected chi connectivity index (χ4v) is 3.02. The van der Waals surface area contributed by atoms with Crippen molar-refractivity contribution in [1.29, 1.82) is 0 Å². The number of halogens is 1. The Labute approximate surface area is 157 Å². The molecule has 5 nitrogen and oxygen atoms in total. The number of rotatable bonds is 7. The lowest BCUT2D eigenvalue weighted by molar-refractivity contribution is -0.134. The molecule has 0 aromatic heterocycles. The number of aryl methyl sites for hydroxylation is 1. The first-order chi connectivity index (χ1) is 13.0. The zero-order valence-electron chi connectivity index (χ0n) is 15.5. The van der Waals surface area contributed by atoms with E-state index in [2.05, 4.69) is 10.6 Å². The second-order valence-corrected chi connectivity index (χ2v) is 6.84. The van der Waals surface area contributed by atoms with Crippen molar-refractivity contribution < 1.29 is 18.7 Å². The molecule has 1 saturated carbocycles. The van der Waals surface area contributed by atoms with Crippen molar-refractivity contribution in [2.24, 2.45) is 5.41 Å². The van der Waals surface area contributed by atoms with Crippen LogP contribution in [0.3, 0.4) is 0 Å². The summed E-state index contributed by atoms with van der Waals surface area (Å²) in [7, 11) is 1.53. The van der Waals surface area contributed by atoms with Crippen LogP contribution >= 0.6 is 0 Å². The molecule has 2 aromatic rings. The van der Waals surface area contributed by atoms with Crippen LogP contribution in [0.2, 0.25) is 0 Å². The van der Waals surface area contributed by atoms with E-state index in [4.69, 9.17) is 4.74 Å². The smallest absolute Gasteiger partial charge is 0.240 e. The van der Waals surface area contributed by atoms with E-state index in [0.717, 1.165) is 5.56 Å². The van der Waals surface area contributed by atoms with E-state index in [9.17, 15) is 14.0 Å². The van der Waals surface area contributed by atoms with Gasteiger partial charge in [-0.25, -0.2) is 4.39 Å². The normalized spacial score (nSPS) is 14.3. The van der Waals surface area contributed by atoms with E-state index in [1.807, 2.05) is 19.1 Å². The van der Waals surface area contributed by atoms with Gasteiger partial charge in [0.1, 0.15) is 17.0 Å². The first kappa shape index (κ1) is 18.9. The lowest BCUT2D eigenvalue weighted by Gasteiger charge is -2.17. The summed E-state index contributed by atoms with van der Waals surface area (Å²) >= 11 is 0. The molecule has 0 bridgehead atoms. The summed E-state index contributed by atoms with van der Waals surface area (Å²) < 4.78 is 18.9. The molecule has 1 aliphatic rings. The van der Waals surface area contributed by atoms with Gasteiger partial charge in [-0.05, 0) is 55.5 Å². The molecule has 2 aromatic carbocycles. The number of nitrogens with one attached hydrogen (secondary N) is 2. The van der Waals surface area contributed by atoms with Gasteiger partial charge in [0.05, 0.1) is 12.8 Å². The zero-order valence-corrected chi connectivity index (χ0v) is 15.5. The number of methoxy groups -OCH3 is 1. The van der Waals surface area contributed by atoms with Gasteiger partial charge < -0.3 is 15.4 Å². The SMILES string of the molecule is COc1ccc(C)cc1NC(=O)C1(C(=O)NCCc2ccccc2F)CC1. The first-order valence-corrected chi connectivity index (χ1v) is 8.94. The van der Waals surface area contributed by atoms with Crippen molar-refractivity contribution in [3.8, 4) is 5.75 Å². The molecule has 0 aliphatic heterocycles. The number of benzene rings is 2. The maximum Gasteiger partial charge on any atom is 0.240 e. The van der Waals surface area contributed by atoms with Crippen molar-refractivity contribution >= 4 is 17.5 Å². The van der Waals surface area contributed by atoms with Gasteiger partial charge in [-0.15, -0.1) is 0 Å². The number of carbonyl (C=O) groups excluding carboxylic acids is 2. The summed E-state index contributed by atoms with van der Waals surface area (Å²) in [5.74, 6) is -0.403. The van der Waals surface area contributed by atoms with E-state index in [1.165, 1.54) is 13.2 Å². The van der Waals surface area contributed by atoms with Crippen LogP contribution in [0.15, 0.2) is 42.5 Å². The maximum absolute atomic E-state index is 13.6. The molecule has 6 heteroatoms. The Kier molecular flexibility index (Phi) is 5.44. The highest BCUT2D eigenvalue weighted by atomic mass is 19.1. The summed E-state index contributed by atoms with van der Waals surface area (Å²) in [6, 6.07) is 11.9. The molecule has 0 spiro atoms. The molecular weight excluding hydrogens is 347 g/mol. The molecule has 142 valence electrons. The predicted octanol–water partition coefficient (Wildman–Crippen LogP) is 3.22. The number of carbonyl (C=O) groups is 2. The van der Waals surface area contributed by atoms with Crippen LogP contribution in [-0.4, -0.2) is 25.5 Å². The summed E-state index contributed by atoms with van der Waals surface area (Å²) in [6.45, 7) is 2.19. The van der Waals surface area contributed by atoms with Crippen molar-refractivity contribution in [2.45, 2.75) is 26.2 Å². The zero-order chi connectivity index (χ0) is 19.4. The highest BCUT2D eigenvalue weighted by Crippen LogP contribution is 2.47. The van der Waals surface area contributed by atoms with Crippen molar-refractivity contribution in [3.05, 3.63) is 59.4 Å². The number of hydrogen-bond acceptors (Lipinski definition) is 3. The molecule has 27 heavy (non-hydrogen) atoms. The van der Waals surface area contributed by atoms with Gasteiger partial charge in [-0.2, -0.15) is 0 Å². The van der Waals surface area contributed by atoms with Crippen LogP contribution in [0.4, 0.5) is 10.1 Å². The highest BCUT2D eigenvalue weighted by molar-refractivity contribution is 6.13.